The highest BCUT2D eigenvalue weighted by atomic mass is 79.9. The predicted octanol–water partition coefficient (Wildman–Crippen LogP) is 2.35. The molecule has 0 saturated carbocycles. The van der Waals surface area contributed by atoms with E-state index in [0.717, 1.165) is 11.0 Å². The number of nitrogens with one attached hydrogen (secondary N) is 1. The Hall–Kier alpha value is -1.43. The fourth-order valence-corrected chi connectivity index (χ4v) is 1.72. The summed E-state index contributed by atoms with van der Waals surface area (Å²) >= 11 is 3.10. The van der Waals surface area contributed by atoms with Gasteiger partial charge in [0.15, 0.2) is 5.65 Å². The van der Waals surface area contributed by atoms with Crippen LogP contribution < -0.4 is 5.32 Å². The van der Waals surface area contributed by atoms with Crippen molar-refractivity contribution in [3.05, 3.63) is 18.5 Å². The fraction of sp³-hybridized carbons (Fsp3) is 0.364. The molecule has 0 radical (unpaired) electrons. The molecule has 0 aliphatic heterocycles. The molecule has 6 heteroatoms. The van der Waals surface area contributed by atoms with Gasteiger partial charge in [0.1, 0.15) is 0 Å². The van der Waals surface area contributed by atoms with E-state index in [4.69, 9.17) is 0 Å². The van der Waals surface area contributed by atoms with Crippen LogP contribution in [0, 0.1) is 0 Å². The maximum absolute atomic E-state index is 11.2. The van der Waals surface area contributed by atoms with Crippen LogP contribution in [0.25, 0.3) is 11.0 Å². The lowest BCUT2D eigenvalue weighted by Gasteiger charge is -2.06. The summed E-state index contributed by atoms with van der Waals surface area (Å²) in [6.45, 7) is 4.10. The highest BCUT2D eigenvalue weighted by Crippen LogP contribution is 2.18. The van der Waals surface area contributed by atoms with E-state index in [2.05, 4.69) is 45.2 Å². The van der Waals surface area contributed by atoms with Crippen LogP contribution in [0.4, 0.5) is 5.69 Å². The Morgan fingerprint density at radius 2 is 2.29 bits per heavy atom. The van der Waals surface area contributed by atoms with Gasteiger partial charge in [0.2, 0.25) is 5.91 Å². The van der Waals surface area contributed by atoms with Crippen molar-refractivity contribution in [2.24, 2.45) is 0 Å². The summed E-state index contributed by atoms with van der Waals surface area (Å²) in [7, 11) is 0. The Labute approximate surface area is 107 Å². The summed E-state index contributed by atoms with van der Waals surface area (Å²) in [5.41, 5.74) is 1.52. The largest absolute Gasteiger partial charge is 0.324 e. The zero-order valence-corrected chi connectivity index (χ0v) is 11.2. The molecule has 0 aliphatic rings. The van der Waals surface area contributed by atoms with Crippen molar-refractivity contribution in [1.29, 1.82) is 0 Å². The van der Waals surface area contributed by atoms with Crippen molar-refractivity contribution in [1.82, 2.24) is 14.8 Å². The highest BCUT2D eigenvalue weighted by Gasteiger charge is 2.08. The number of hydrogen-bond donors (Lipinski definition) is 1. The van der Waals surface area contributed by atoms with Crippen LogP contribution in [0.5, 0.6) is 0 Å². The summed E-state index contributed by atoms with van der Waals surface area (Å²) in [6, 6.07) is 2.14. The third-order valence-electron chi connectivity index (χ3n) is 2.33. The van der Waals surface area contributed by atoms with E-state index < -0.39 is 0 Å². The van der Waals surface area contributed by atoms with Crippen molar-refractivity contribution in [3.63, 3.8) is 0 Å². The molecule has 0 unspecified atom stereocenters. The SMILES string of the molecule is CC(C)n1ncc2cc(NC(=O)CBr)cnc21. The topological polar surface area (TPSA) is 59.8 Å². The van der Waals surface area contributed by atoms with Gasteiger partial charge in [0.05, 0.1) is 23.4 Å². The molecular formula is C11H13BrN4O. The van der Waals surface area contributed by atoms with Gasteiger partial charge in [-0.3, -0.25) is 4.79 Å². The molecule has 17 heavy (non-hydrogen) atoms. The average Bonchev–Trinajstić information content (AvgIpc) is 2.71. The molecule has 1 amide bonds. The summed E-state index contributed by atoms with van der Waals surface area (Å²) in [5.74, 6) is -0.0950. The zero-order chi connectivity index (χ0) is 12.4. The molecule has 2 rings (SSSR count). The monoisotopic (exact) mass is 296 g/mol. The smallest absolute Gasteiger partial charge is 0.235 e. The van der Waals surface area contributed by atoms with E-state index in [1.54, 1.807) is 12.4 Å². The van der Waals surface area contributed by atoms with Crippen molar-refractivity contribution >= 4 is 38.6 Å². The molecule has 0 atom stereocenters. The first-order chi connectivity index (χ1) is 8.11. The molecule has 2 aromatic heterocycles. The maximum Gasteiger partial charge on any atom is 0.235 e. The lowest BCUT2D eigenvalue weighted by Crippen LogP contribution is -2.12. The fourth-order valence-electron chi connectivity index (χ4n) is 1.58. The highest BCUT2D eigenvalue weighted by molar-refractivity contribution is 9.09. The molecule has 90 valence electrons. The van der Waals surface area contributed by atoms with Gasteiger partial charge in [0.25, 0.3) is 0 Å². The van der Waals surface area contributed by atoms with E-state index in [1.807, 2.05) is 10.7 Å². The van der Waals surface area contributed by atoms with Gasteiger partial charge in [-0.15, -0.1) is 0 Å². The maximum atomic E-state index is 11.2. The van der Waals surface area contributed by atoms with Gasteiger partial charge >= 0.3 is 0 Å². The first-order valence-corrected chi connectivity index (χ1v) is 6.43. The number of fused-ring (bicyclic) bond motifs is 1. The zero-order valence-electron chi connectivity index (χ0n) is 9.64. The number of halogens is 1. The lowest BCUT2D eigenvalue weighted by atomic mass is 10.3. The van der Waals surface area contributed by atoms with E-state index >= 15 is 0 Å². The van der Waals surface area contributed by atoms with E-state index in [0.29, 0.717) is 5.69 Å². The predicted molar refractivity (Wildman–Crippen MR) is 70.3 cm³/mol. The third kappa shape index (κ3) is 2.46. The molecule has 0 aromatic carbocycles. The number of amides is 1. The summed E-state index contributed by atoms with van der Waals surface area (Å²) < 4.78 is 1.85. The van der Waals surface area contributed by atoms with Gasteiger partial charge in [-0.25, -0.2) is 9.67 Å². The minimum atomic E-state index is -0.0950. The average molecular weight is 297 g/mol. The van der Waals surface area contributed by atoms with Gasteiger partial charge in [-0.2, -0.15) is 5.10 Å². The Balaban J connectivity index is 2.36. The van der Waals surface area contributed by atoms with Crippen molar-refractivity contribution in [2.75, 3.05) is 10.6 Å². The Kier molecular flexibility index (Phi) is 3.42. The minimum absolute atomic E-state index is 0.0950. The number of pyridine rings is 1. The number of hydrogen-bond acceptors (Lipinski definition) is 3. The number of carbonyl (C=O) groups excluding carboxylic acids is 1. The Bertz CT molecular complexity index is 549. The summed E-state index contributed by atoms with van der Waals surface area (Å²) in [4.78, 5) is 15.5. The second kappa shape index (κ2) is 4.83. The van der Waals surface area contributed by atoms with Gasteiger partial charge in [-0.05, 0) is 19.9 Å². The Morgan fingerprint density at radius 3 is 2.94 bits per heavy atom. The van der Waals surface area contributed by atoms with E-state index in [1.165, 1.54) is 0 Å². The molecule has 5 nitrogen and oxygen atoms in total. The lowest BCUT2D eigenvalue weighted by molar-refractivity contribution is -0.113. The molecule has 2 aromatic rings. The van der Waals surface area contributed by atoms with Crippen LogP contribution in [-0.2, 0) is 4.79 Å². The number of carbonyl (C=O) groups is 1. The van der Waals surface area contributed by atoms with Gasteiger partial charge in [0, 0.05) is 11.4 Å². The summed E-state index contributed by atoms with van der Waals surface area (Å²) in [5, 5.41) is 8.20. The normalized spacial score (nSPS) is 11.1. The first kappa shape index (κ1) is 12.0. The van der Waals surface area contributed by atoms with Crippen LogP contribution in [-0.4, -0.2) is 26.0 Å². The molecule has 0 spiro atoms. The quantitative estimate of drug-likeness (QED) is 0.885. The van der Waals surface area contributed by atoms with E-state index in [9.17, 15) is 4.79 Å². The van der Waals surface area contributed by atoms with Crippen molar-refractivity contribution < 1.29 is 4.79 Å². The Morgan fingerprint density at radius 1 is 1.53 bits per heavy atom. The molecule has 2 heterocycles. The first-order valence-electron chi connectivity index (χ1n) is 5.31. The molecule has 0 fully saturated rings. The number of rotatable bonds is 3. The van der Waals surface area contributed by atoms with Crippen LogP contribution in [0.15, 0.2) is 18.5 Å². The van der Waals surface area contributed by atoms with Crippen LogP contribution in [0.2, 0.25) is 0 Å². The number of nitrogens with zero attached hydrogens (tertiary/aromatic N) is 3. The van der Waals surface area contributed by atoms with Crippen molar-refractivity contribution in [3.8, 4) is 0 Å². The van der Waals surface area contributed by atoms with E-state index in [-0.39, 0.29) is 17.3 Å². The third-order valence-corrected chi connectivity index (χ3v) is 2.84. The number of aromatic nitrogens is 3. The van der Waals surface area contributed by atoms with Crippen LogP contribution >= 0.6 is 15.9 Å². The second-order valence-corrected chi connectivity index (χ2v) is 4.56. The van der Waals surface area contributed by atoms with Gasteiger partial charge < -0.3 is 5.32 Å². The second-order valence-electron chi connectivity index (χ2n) is 4.00. The van der Waals surface area contributed by atoms with Crippen LogP contribution in [0.3, 0.4) is 0 Å². The molecule has 0 aliphatic carbocycles. The van der Waals surface area contributed by atoms with Crippen LogP contribution in [0.1, 0.15) is 19.9 Å². The standard InChI is InChI=1S/C11H13BrN4O/c1-7(2)16-11-8(5-14-16)3-9(6-13-11)15-10(17)4-12/h3,5-7H,4H2,1-2H3,(H,15,17). The number of anilines is 1. The molecular weight excluding hydrogens is 284 g/mol. The van der Waals surface area contributed by atoms with Crippen molar-refractivity contribution in [2.45, 2.75) is 19.9 Å². The molecule has 0 saturated heterocycles. The minimum Gasteiger partial charge on any atom is -0.324 e. The van der Waals surface area contributed by atoms with Gasteiger partial charge in [-0.1, -0.05) is 15.9 Å². The molecule has 0 bridgehead atoms. The number of alkyl halides is 1. The molecule has 1 N–H and O–H groups in total. The summed E-state index contributed by atoms with van der Waals surface area (Å²) in [6.07, 6.45) is 3.40.